The maximum atomic E-state index is 11.2. The second kappa shape index (κ2) is 3.67. The highest BCUT2D eigenvalue weighted by molar-refractivity contribution is 6.06. The number of amides is 1. The lowest BCUT2D eigenvalue weighted by Crippen LogP contribution is -2.16. The number of benzene rings is 1. The van der Waals surface area contributed by atoms with Crippen LogP contribution in [0.1, 0.15) is 16.8 Å². The van der Waals surface area contributed by atoms with Gasteiger partial charge in [0.25, 0.3) is 0 Å². The van der Waals surface area contributed by atoms with E-state index in [0.717, 1.165) is 0 Å². The average Bonchev–Trinajstić information content (AvgIpc) is 2.05. The molecular weight excluding hydrogens is 154 g/mol. The third kappa shape index (κ3) is 2.20. The Labute approximate surface area is 70.2 Å². The summed E-state index contributed by atoms with van der Waals surface area (Å²) in [5.74, 6) is -0.827. The molecule has 0 aromatic heterocycles. The number of nitrogens with two attached hydrogens (primary N) is 1. The molecule has 3 nitrogen and oxygen atoms in total. The first-order valence-corrected chi connectivity index (χ1v) is 3.56. The van der Waals surface area contributed by atoms with Crippen molar-refractivity contribution in [1.29, 1.82) is 0 Å². The molecule has 0 unspecified atom stereocenters. The molecule has 0 aliphatic rings. The molecule has 62 valence electrons. The fraction of sp³-hybridized carbons (Fsp3) is 0.111. The lowest BCUT2D eigenvalue weighted by molar-refractivity contribution is -0.117. The molecule has 0 heterocycles. The van der Waals surface area contributed by atoms with E-state index in [-0.39, 0.29) is 12.2 Å². The quantitative estimate of drug-likeness (QED) is 0.527. The van der Waals surface area contributed by atoms with E-state index < -0.39 is 5.91 Å². The Morgan fingerprint density at radius 3 is 2.25 bits per heavy atom. The predicted octanol–water partition coefficient (Wildman–Crippen LogP) is 0.745. The van der Waals surface area contributed by atoms with Crippen LogP contribution in [-0.4, -0.2) is 11.7 Å². The largest absolute Gasteiger partial charge is 0.369 e. The van der Waals surface area contributed by atoms with Crippen LogP contribution in [0.5, 0.6) is 0 Å². The summed E-state index contributed by atoms with van der Waals surface area (Å²) in [7, 11) is 0. The van der Waals surface area contributed by atoms with E-state index in [0.29, 0.717) is 5.56 Å². The Kier molecular flexibility index (Phi) is 2.58. The number of rotatable bonds is 3. The Hall–Kier alpha value is -1.64. The minimum atomic E-state index is -0.594. The van der Waals surface area contributed by atoms with Crippen molar-refractivity contribution in [2.24, 2.45) is 5.73 Å². The van der Waals surface area contributed by atoms with Crippen molar-refractivity contribution in [3.63, 3.8) is 0 Å². The van der Waals surface area contributed by atoms with E-state index in [1.165, 1.54) is 0 Å². The number of carbonyl (C=O) groups is 2. The van der Waals surface area contributed by atoms with Gasteiger partial charge in [0.1, 0.15) is 0 Å². The first-order chi connectivity index (χ1) is 5.70. The summed E-state index contributed by atoms with van der Waals surface area (Å²) in [4.78, 5) is 21.5. The van der Waals surface area contributed by atoms with Gasteiger partial charge in [0, 0.05) is 5.56 Å². The van der Waals surface area contributed by atoms with Gasteiger partial charge in [0.05, 0.1) is 6.42 Å². The zero-order valence-corrected chi connectivity index (χ0v) is 6.49. The van der Waals surface area contributed by atoms with Gasteiger partial charge in [-0.05, 0) is 0 Å². The van der Waals surface area contributed by atoms with Crippen LogP contribution in [0.15, 0.2) is 30.3 Å². The van der Waals surface area contributed by atoms with Gasteiger partial charge in [-0.3, -0.25) is 9.59 Å². The zero-order valence-electron chi connectivity index (χ0n) is 6.49. The summed E-state index contributed by atoms with van der Waals surface area (Å²) in [5, 5.41) is 0. The van der Waals surface area contributed by atoms with Crippen molar-refractivity contribution in [2.75, 3.05) is 0 Å². The van der Waals surface area contributed by atoms with E-state index in [4.69, 9.17) is 5.73 Å². The van der Waals surface area contributed by atoms with Gasteiger partial charge in [-0.25, -0.2) is 0 Å². The van der Waals surface area contributed by atoms with E-state index in [9.17, 15) is 9.59 Å². The molecule has 1 rings (SSSR count). The molecule has 0 aliphatic heterocycles. The van der Waals surface area contributed by atoms with Gasteiger partial charge < -0.3 is 5.73 Å². The topological polar surface area (TPSA) is 60.2 Å². The van der Waals surface area contributed by atoms with Crippen LogP contribution in [0.3, 0.4) is 0 Å². The summed E-state index contributed by atoms with van der Waals surface area (Å²) in [5.41, 5.74) is 5.40. The van der Waals surface area contributed by atoms with Crippen LogP contribution < -0.4 is 5.73 Å². The highest BCUT2D eigenvalue weighted by atomic mass is 16.2. The second-order valence-corrected chi connectivity index (χ2v) is 2.43. The second-order valence-electron chi connectivity index (χ2n) is 2.43. The molecule has 0 aliphatic carbocycles. The van der Waals surface area contributed by atoms with E-state index in [2.05, 4.69) is 0 Å². The van der Waals surface area contributed by atoms with E-state index in [1.54, 1.807) is 30.3 Å². The normalized spacial score (nSPS) is 9.33. The lowest BCUT2D eigenvalue weighted by Gasteiger charge is -1.95. The number of primary amides is 1. The van der Waals surface area contributed by atoms with Gasteiger partial charge in [-0.15, -0.1) is 0 Å². The summed E-state index contributed by atoms with van der Waals surface area (Å²) in [6, 6.07) is 8.61. The summed E-state index contributed by atoms with van der Waals surface area (Å²) >= 11 is 0. The van der Waals surface area contributed by atoms with E-state index in [1.807, 2.05) is 0 Å². The minimum absolute atomic E-state index is 0.218. The molecule has 3 heteroatoms. The van der Waals surface area contributed by atoms with Gasteiger partial charge in [-0.1, -0.05) is 30.3 Å². The number of hydrogen-bond acceptors (Lipinski definition) is 2. The van der Waals surface area contributed by atoms with Crippen molar-refractivity contribution in [2.45, 2.75) is 6.42 Å². The third-order valence-corrected chi connectivity index (χ3v) is 1.43. The Morgan fingerprint density at radius 1 is 1.17 bits per heavy atom. The summed E-state index contributed by atoms with van der Waals surface area (Å²) in [6.07, 6.45) is -0.218. The number of Topliss-reactive ketones (excluding diaryl/α,β-unsaturated/α-hetero) is 1. The Balaban J connectivity index is 2.73. The van der Waals surface area contributed by atoms with Crippen molar-refractivity contribution in [3.8, 4) is 0 Å². The van der Waals surface area contributed by atoms with Crippen LogP contribution in [-0.2, 0) is 4.79 Å². The number of ketones is 1. The van der Waals surface area contributed by atoms with E-state index >= 15 is 0 Å². The molecule has 0 bridgehead atoms. The minimum Gasteiger partial charge on any atom is -0.369 e. The van der Waals surface area contributed by atoms with Crippen molar-refractivity contribution < 1.29 is 9.59 Å². The van der Waals surface area contributed by atoms with Crippen molar-refractivity contribution in [3.05, 3.63) is 35.9 Å². The molecule has 12 heavy (non-hydrogen) atoms. The van der Waals surface area contributed by atoms with Crippen LogP contribution >= 0.6 is 0 Å². The van der Waals surface area contributed by atoms with Gasteiger partial charge >= 0.3 is 0 Å². The molecule has 0 radical (unpaired) electrons. The van der Waals surface area contributed by atoms with Gasteiger partial charge in [-0.2, -0.15) is 0 Å². The maximum absolute atomic E-state index is 11.2. The average molecular weight is 163 g/mol. The highest BCUT2D eigenvalue weighted by Crippen LogP contribution is 2.01. The van der Waals surface area contributed by atoms with Crippen LogP contribution in [0.4, 0.5) is 0 Å². The molecule has 2 N–H and O–H groups in total. The summed E-state index contributed by atoms with van der Waals surface area (Å²) in [6.45, 7) is 0. The van der Waals surface area contributed by atoms with Crippen LogP contribution in [0.2, 0.25) is 0 Å². The standard InChI is InChI=1S/C9H9NO2/c10-9(12)6-8(11)7-4-2-1-3-5-7/h1-5H,6H2,(H2,10,12). The number of hydrogen-bond donors (Lipinski definition) is 1. The molecule has 1 amide bonds. The molecule has 0 saturated carbocycles. The van der Waals surface area contributed by atoms with Crippen LogP contribution in [0, 0.1) is 0 Å². The van der Waals surface area contributed by atoms with Gasteiger partial charge in [0.15, 0.2) is 5.78 Å². The molecule has 0 fully saturated rings. The lowest BCUT2D eigenvalue weighted by atomic mass is 10.1. The fourth-order valence-corrected chi connectivity index (χ4v) is 0.884. The Bertz CT molecular complexity index is 293. The Morgan fingerprint density at radius 2 is 1.75 bits per heavy atom. The first kappa shape index (κ1) is 8.46. The maximum Gasteiger partial charge on any atom is 0.225 e. The third-order valence-electron chi connectivity index (χ3n) is 1.43. The first-order valence-electron chi connectivity index (χ1n) is 3.56. The monoisotopic (exact) mass is 163 g/mol. The molecule has 0 saturated heterocycles. The smallest absolute Gasteiger partial charge is 0.225 e. The molecule has 1 aromatic carbocycles. The van der Waals surface area contributed by atoms with Crippen molar-refractivity contribution in [1.82, 2.24) is 0 Å². The molecular formula is C9H9NO2. The molecule has 0 spiro atoms. The van der Waals surface area contributed by atoms with Crippen LogP contribution in [0.25, 0.3) is 0 Å². The fourth-order valence-electron chi connectivity index (χ4n) is 0.884. The molecule has 1 aromatic rings. The highest BCUT2D eigenvalue weighted by Gasteiger charge is 2.07. The summed E-state index contributed by atoms with van der Waals surface area (Å²) < 4.78 is 0. The number of carbonyl (C=O) groups excluding carboxylic acids is 2. The van der Waals surface area contributed by atoms with Crippen molar-refractivity contribution >= 4 is 11.7 Å². The van der Waals surface area contributed by atoms with Gasteiger partial charge in [0.2, 0.25) is 5.91 Å². The zero-order chi connectivity index (χ0) is 8.97. The SMILES string of the molecule is NC(=O)CC(=O)c1ccccc1. The predicted molar refractivity (Wildman–Crippen MR) is 44.6 cm³/mol. The molecule has 0 atom stereocenters.